The number of rotatable bonds is 3. The fourth-order valence-electron chi connectivity index (χ4n) is 2.40. The first-order valence-corrected chi connectivity index (χ1v) is 7.77. The van der Waals surface area contributed by atoms with E-state index >= 15 is 0 Å². The highest BCUT2D eigenvalue weighted by molar-refractivity contribution is 9.10. The van der Waals surface area contributed by atoms with Gasteiger partial charge in [0.2, 0.25) is 0 Å². The lowest BCUT2D eigenvalue weighted by atomic mass is 10.1. The second kappa shape index (κ2) is 6.43. The largest absolute Gasteiger partial charge is 0.458 e. The van der Waals surface area contributed by atoms with Gasteiger partial charge < -0.3 is 14.2 Å². The summed E-state index contributed by atoms with van der Waals surface area (Å²) in [5.74, 6) is 0.452. The molecular weight excluding hydrogens is 352 g/mol. The standard InChI is InChI=1S/C14H15BrN4O3/c1-9-12(7-18-22-9)13(20)19-4-2-3-11(8-19)21-14-16-5-10(15)6-17-14/h5-7,11H,2-4,8H2,1H3. The van der Waals surface area contributed by atoms with Crippen molar-refractivity contribution in [1.29, 1.82) is 0 Å². The fraction of sp³-hybridized carbons (Fsp3) is 0.429. The van der Waals surface area contributed by atoms with Gasteiger partial charge in [-0.15, -0.1) is 0 Å². The second-order valence-electron chi connectivity index (χ2n) is 5.11. The third-order valence-corrected chi connectivity index (χ3v) is 3.92. The van der Waals surface area contributed by atoms with E-state index in [0.29, 0.717) is 30.4 Å². The molecule has 8 heteroatoms. The Morgan fingerprint density at radius 2 is 2.18 bits per heavy atom. The van der Waals surface area contributed by atoms with Crippen LogP contribution in [0.1, 0.15) is 29.0 Å². The minimum atomic E-state index is -0.112. The number of carbonyl (C=O) groups excluding carboxylic acids is 1. The van der Waals surface area contributed by atoms with E-state index in [4.69, 9.17) is 9.26 Å². The van der Waals surface area contributed by atoms with E-state index in [1.807, 2.05) is 0 Å². The van der Waals surface area contributed by atoms with Crippen LogP contribution in [-0.4, -0.2) is 45.1 Å². The average Bonchev–Trinajstić information content (AvgIpc) is 2.95. The lowest BCUT2D eigenvalue weighted by Crippen LogP contribution is -2.44. The average molecular weight is 367 g/mol. The molecule has 3 heterocycles. The molecule has 1 saturated heterocycles. The Labute approximate surface area is 135 Å². The Hall–Kier alpha value is -1.96. The van der Waals surface area contributed by atoms with Crippen LogP contribution in [0, 0.1) is 6.92 Å². The van der Waals surface area contributed by atoms with Gasteiger partial charge in [0.25, 0.3) is 5.91 Å². The molecule has 0 aromatic carbocycles. The molecule has 7 nitrogen and oxygen atoms in total. The lowest BCUT2D eigenvalue weighted by Gasteiger charge is -2.32. The maximum Gasteiger partial charge on any atom is 0.316 e. The van der Waals surface area contributed by atoms with Crippen LogP contribution in [0.5, 0.6) is 6.01 Å². The van der Waals surface area contributed by atoms with E-state index in [1.54, 1.807) is 24.2 Å². The number of halogens is 1. The summed E-state index contributed by atoms with van der Waals surface area (Å²) in [6.45, 7) is 2.93. The molecule has 1 aliphatic heterocycles. The summed E-state index contributed by atoms with van der Waals surface area (Å²) in [6.07, 6.45) is 6.35. The molecule has 1 unspecified atom stereocenters. The summed E-state index contributed by atoms with van der Waals surface area (Å²) < 4.78 is 11.5. The summed E-state index contributed by atoms with van der Waals surface area (Å²) in [5.41, 5.74) is 0.501. The van der Waals surface area contributed by atoms with Crippen molar-refractivity contribution in [1.82, 2.24) is 20.0 Å². The van der Waals surface area contributed by atoms with Crippen LogP contribution in [0.4, 0.5) is 0 Å². The SMILES string of the molecule is Cc1oncc1C(=O)N1CCCC(Oc2ncc(Br)cn2)C1. The van der Waals surface area contributed by atoms with E-state index in [1.165, 1.54) is 6.20 Å². The second-order valence-corrected chi connectivity index (χ2v) is 6.03. The maximum absolute atomic E-state index is 12.5. The molecule has 3 rings (SSSR count). The number of hydrogen-bond donors (Lipinski definition) is 0. The van der Waals surface area contributed by atoms with Crippen LogP contribution < -0.4 is 4.74 Å². The molecule has 2 aromatic rings. The zero-order valence-corrected chi connectivity index (χ0v) is 13.6. The van der Waals surface area contributed by atoms with Crippen molar-refractivity contribution < 1.29 is 14.1 Å². The topological polar surface area (TPSA) is 81.4 Å². The smallest absolute Gasteiger partial charge is 0.316 e. The number of likely N-dealkylation sites (tertiary alicyclic amines) is 1. The molecule has 0 bridgehead atoms. The van der Waals surface area contributed by atoms with E-state index in [-0.39, 0.29) is 12.0 Å². The molecule has 0 saturated carbocycles. The van der Waals surface area contributed by atoms with Gasteiger partial charge in [-0.1, -0.05) is 5.16 Å². The van der Waals surface area contributed by atoms with Crippen molar-refractivity contribution in [3.05, 3.63) is 34.4 Å². The van der Waals surface area contributed by atoms with Crippen molar-refractivity contribution in [2.75, 3.05) is 13.1 Å². The molecule has 0 aliphatic carbocycles. The minimum Gasteiger partial charge on any atom is -0.458 e. The minimum absolute atomic E-state index is 0.0798. The molecule has 22 heavy (non-hydrogen) atoms. The molecule has 1 fully saturated rings. The third kappa shape index (κ3) is 3.27. The van der Waals surface area contributed by atoms with Crippen LogP contribution in [0.3, 0.4) is 0 Å². The molecule has 0 N–H and O–H groups in total. The number of aryl methyl sites for hydroxylation is 1. The highest BCUT2D eigenvalue weighted by atomic mass is 79.9. The summed E-state index contributed by atoms with van der Waals surface area (Å²) in [4.78, 5) is 22.4. The first-order chi connectivity index (χ1) is 10.6. The third-order valence-electron chi connectivity index (χ3n) is 3.52. The van der Waals surface area contributed by atoms with Crippen LogP contribution >= 0.6 is 15.9 Å². The van der Waals surface area contributed by atoms with E-state index in [9.17, 15) is 4.79 Å². The maximum atomic E-state index is 12.5. The van der Waals surface area contributed by atoms with Crippen LogP contribution in [0.15, 0.2) is 27.6 Å². The Bertz CT molecular complexity index is 658. The highest BCUT2D eigenvalue weighted by Gasteiger charge is 2.28. The molecule has 116 valence electrons. The van der Waals surface area contributed by atoms with Crippen LogP contribution in [-0.2, 0) is 0 Å². The predicted molar refractivity (Wildman–Crippen MR) is 80.5 cm³/mol. The van der Waals surface area contributed by atoms with Gasteiger partial charge in [-0.2, -0.15) is 0 Å². The Balaban J connectivity index is 1.65. The van der Waals surface area contributed by atoms with E-state index in [2.05, 4.69) is 31.1 Å². The molecule has 1 amide bonds. The summed E-state index contributed by atoms with van der Waals surface area (Å²) in [5, 5.41) is 3.65. The van der Waals surface area contributed by atoms with Gasteiger partial charge in [-0.05, 0) is 35.7 Å². The fourth-order valence-corrected chi connectivity index (χ4v) is 2.61. The number of hydrogen-bond acceptors (Lipinski definition) is 6. The van der Waals surface area contributed by atoms with E-state index < -0.39 is 0 Å². The number of piperidine rings is 1. The first kappa shape index (κ1) is 15.0. The first-order valence-electron chi connectivity index (χ1n) is 6.98. The number of nitrogens with zero attached hydrogens (tertiary/aromatic N) is 4. The molecule has 0 spiro atoms. The highest BCUT2D eigenvalue weighted by Crippen LogP contribution is 2.19. The number of amides is 1. The number of ether oxygens (including phenoxy) is 1. The molecule has 2 aromatic heterocycles. The molecule has 1 atom stereocenters. The van der Waals surface area contributed by atoms with Crippen molar-refractivity contribution in [2.45, 2.75) is 25.9 Å². The van der Waals surface area contributed by atoms with Crippen molar-refractivity contribution in [3.8, 4) is 6.01 Å². The van der Waals surface area contributed by atoms with Gasteiger partial charge in [-0.3, -0.25) is 4.79 Å². The van der Waals surface area contributed by atoms with Gasteiger partial charge >= 0.3 is 6.01 Å². The number of aromatic nitrogens is 3. The summed E-state index contributed by atoms with van der Waals surface area (Å²) in [6, 6.07) is 0.323. The Morgan fingerprint density at radius 1 is 1.41 bits per heavy atom. The van der Waals surface area contributed by atoms with Crippen LogP contribution in [0.2, 0.25) is 0 Å². The molecular formula is C14H15BrN4O3. The normalized spacial score (nSPS) is 18.3. The summed E-state index contributed by atoms with van der Waals surface area (Å²) >= 11 is 3.28. The quantitative estimate of drug-likeness (QED) is 0.828. The van der Waals surface area contributed by atoms with Crippen molar-refractivity contribution >= 4 is 21.8 Å². The monoisotopic (exact) mass is 366 g/mol. The summed E-state index contributed by atoms with van der Waals surface area (Å²) in [7, 11) is 0. The van der Waals surface area contributed by atoms with Gasteiger partial charge in [-0.25, -0.2) is 9.97 Å². The van der Waals surface area contributed by atoms with Gasteiger partial charge in [0, 0.05) is 18.9 Å². The van der Waals surface area contributed by atoms with Gasteiger partial charge in [0.15, 0.2) is 0 Å². The van der Waals surface area contributed by atoms with Crippen molar-refractivity contribution in [3.63, 3.8) is 0 Å². The number of carbonyl (C=O) groups is 1. The lowest BCUT2D eigenvalue weighted by molar-refractivity contribution is 0.0514. The molecule has 0 radical (unpaired) electrons. The van der Waals surface area contributed by atoms with Gasteiger partial charge in [0.05, 0.1) is 17.2 Å². The van der Waals surface area contributed by atoms with Crippen molar-refractivity contribution in [2.24, 2.45) is 0 Å². The molecule has 1 aliphatic rings. The van der Waals surface area contributed by atoms with Gasteiger partial charge in [0.1, 0.15) is 17.4 Å². The predicted octanol–water partition coefficient (Wildman–Crippen LogP) is 2.22. The van der Waals surface area contributed by atoms with Crippen LogP contribution in [0.25, 0.3) is 0 Å². The zero-order chi connectivity index (χ0) is 15.5. The Kier molecular flexibility index (Phi) is 4.37. The zero-order valence-electron chi connectivity index (χ0n) is 12.0. The van der Waals surface area contributed by atoms with E-state index in [0.717, 1.165) is 17.3 Å². The Morgan fingerprint density at radius 3 is 2.86 bits per heavy atom.